The van der Waals surface area contributed by atoms with Crippen LogP contribution < -0.4 is 0 Å². The Kier molecular flexibility index (Phi) is 8.67. The zero-order valence-electron chi connectivity index (χ0n) is 18.6. The van der Waals surface area contributed by atoms with E-state index >= 15 is 0 Å². The zero-order valence-corrected chi connectivity index (χ0v) is 19.5. The van der Waals surface area contributed by atoms with Crippen LogP contribution in [0.3, 0.4) is 0 Å². The number of likely N-dealkylation sites (N-methyl/N-ethyl adjacent to an activating group) is 2. The van der Waals surface area contributed by atoms with Crippen LogP contribution in [0.15, 0.2) is 23.1 Å². The van der Waals surface area contributed by atoms with Crippen molar-refractivity contribution in [2.24, 2.45) is 0 Å². The largest absolute Gasteiger partial charge is 0.340 e. The summed E-state index contributed by atoms with van der Waals surface area (Å²) >= 11 is 0. The summed E-state index contributed by atoms with van der Waals surface area (Å²) in [6.45, 7) is 7.67. The molecule has 7 heteroatoms. The predicted octanol–water partition coefficient (Wildman–Crippen LogP) is 3.36. The van der Waals surface area contributed by atoms with Crippen molar-refractivity contribution in [1.29, 1.82) is 0 Å². The first-order valence-corrected chi connectivity index (χ1v) is 12.2. The first-order valence-electron chi connectivity index (χ1n) is 10.8. The van der Waals surface area contributed by atoms with Gasteiger partial charge in [-0.25, -0.2) is 8.42 Å². The maximum Gasteiger partial charge on any atom is 0.253 e. The lowest BCUT2D eigenvalue weighted by Gasteiger charge is -2.32. The van der Waals surface area contributed by atoms with E-state index in [-0.39, 0.29) is 10.8 Å². The standard InChI is InChI=1S/C22H37N3O3S/c1-6-25(7-2)29(27,28)21-17-19(14-13-18(21)3)22(26)24(5)16-15-23(4)20-11-9-8-10-12-20/h13-14,17,20H,6-12,15-16H2,1-5H3. The van der Waals surface area contributed by atoms with E-state index in [9.17, 15) is 13.2 Å². The highest BCUT2D eigenvalue weighted by atomic mass is 32.2. The van der Waals surface area contributed by atoms with Crippen LogP contribution >= 0.6 is 0 Å². The number of hydrogen-bond donors (Lipinski definition) is 0. The fourth-order valence-electron chi connectivity index (χ4n) is 4.05. The molecule has 6 nitrogen and oxygen atoms in total. The number of sulfonamides is 1. The summed E-state index contributed by atoms with van der Waals surface area (Å²) in [5.74, 6) is -0.141. The molecule has 1 aromatic carbocycles. The molecule has 164 valence electrons. The summed E-state index contributed by atoms with van der Waals surface area (Å²) in [5, 5.41) is 0. The normalized spacial score (nSPS) is 15.8. The van der Waals surface area contributed by atoms with Crippen LogP contribution in [0.1, 0.15) is 61.9 Å². The molecule has 0 heterocycles. The molecule has 0 saturated heterocycles. The summed E-state index contributed by atoms with van der Waals surface area (Å²) < 4.78 is 27.3. The molecule has 1 aliphatic rings. The molecule has 1 fully saturated rings. The molecule has 1 aromatic rings. The molecule has 0 radical (unpaired) electrons. The molecule has 1 saturated carbocycles. The van der Waals surface area contributed by atoms with Gasteiger partial charge in [0.05, 0.1) is 4.90 Å². The van der Waals surface area contributed by atoms with Gasteiger partial charge in [0.1, 0.15) is 0 Å². The number of carbonyl (C=O) groups is 1. The number of aryl methyl sites for hydroxylation is 1. The number of rotatable bonds is 9. The van der Waals surface area contributed by atoms with E-state index in [0.717, 1.165) is 6.54 Å². The predicted molar refractivity (Wildman–Crippen MR) is 118 cm³/mol. The van der Waals surface area contributed by atoms with E-state index in [1.54, 1.807) is 31.0 Å². The molecule has 2 rings (SSSR count). The molecule has 0 aliphatic heterocycles. The van der Waals surface area contributed by atoms with Crippen molar-refractivity contribution >= 4 is 15.9 Å². The fraction of sp³-hybridized carbons (Fsp3) is 0.682. The second-order valence-corrected chi connectivity index (χ2v) is 9.98. The summed E-state index contributed by atoms with van der Waals surface area (Å²) in [7, 11) is 0.322. The van der Waals surface area contributed by atoms with Crippen molar-refractivity contribution in [1.82, 2.24) is 14.1 Å². The monoisotopic (exact) mass is 423 g/mol. The fourth-order valence-corrected chi connectivity index (χ4v) is 5.76. The third-order valence-electron chi connectivity index (χ3n) is 6.09. The molecule has 0 spiro atoms. The zero-order chi connectivity index (χ0) is 21.6. The van der Waals surface area contributed by atoms with Crippen LogP contribution in [-0.2, 0) is 10.0 Å². The van der Waals surface area contributed by atoms with Gasteiger partial charge in [-0.15, -0.1) is 0 Å². The third-order valence-corrected chi connectivity index (χ3v) is 8.28. The topological polar surface area (TPSA) is 60.9 Å². The average molecular weight is 424 g/mol. The molecule has 0 N–H and O–H groups in total. The number of carbonyl (C=O) groups excluding carboxylic acids is 1. The highest BCUT2D eigenvalue weighted by Crippen LogP contribution is 2.23. The van der Waals surface area contributed by atoms with E-state index in [2.05, 4.69) is 11.9 Å². The summed E-state index contributed by atoms with van der Waals surface area (Å²) in [5.41, 5.74) is 1.08. The van der Waals surface area contributed by atoms with Gasteiger partial charge in [0.15, 0.2) is 0 Å². The highest BCUT2D eigenvalue weighted by molar-refractivity contribution is 7.89. The Morgan fingerprint density at radius 2 is 1.66 bits per heavy atom. The van der Waals surface area contributed by atoms with E-state index in [0.29, 0.717) is 36.8 Å². The number of nitrogens with zero attached hydrogens (tertiary/aromatic N) is 3. The Morgan fingerprint density at radius 1 is 1.03 bits per heavy atom. The first-order chi connectivity index (χ1) is 13.7. The molecule has 0 aromatic heterocycles. The van der Waals surface area contributed by atoms with Gasteiger partial charge in [0.25, 0.3) is 5.91 Å². The Labute approximate surface area is 176 Å². The van der Waals surface area contributed by atoms with Gasteiger partial charge in [-0.05, 0) is 44.5 Å². The summed E-state index contributed by atoms with van der Waals surface area (Å²) in [4.78, 5) is 17.2. The second kappa shape index (κ2) is 10.5. The van der Waals surface area contributed by atoms with Gasteiger partial charge < -0.3 is 9.80 Å². The smallest absolute Gasteiger partial charge is 0.253 e. The molecule has 1 amide bonds. The maximum absolute atomic E-state index is 12.9. The van der Waals surface area contributed by atoms with Crippen molar-refractivity contribution in [3.8, 4) is 0 Å². The van der Waals surface area contributed by atoms with Gasteiger partial charge in [-0.2, -0.15) is 4.31 Å². The number of hydrogen-bond acceptors (Lipinski definition) is 4. The lowest BCUT2D eigenvalue weighted by atomic mass is 9.94. The number of benzene rings is 1. The molecule has 0 atom stereocenters. The van der Waals surface area contributed by atoms with E-state index in [1.165, 1.54) is 42.5 Å². The van der Waals surface area contributed by atoms with Crippen LogP contribution in [0.4, 0.5) is 0 Å². The van der Waals surface area contributed by atoms with Crippen molar-refractivity contribution < 1.29 is 13.2 Å². The Balaban J connectivity index is 2.10. The van der Waals surface area contributed by atoms with E-state index in [1.807, 2.05) is 13.8 Å². The quantitative estimate of drug-likeness (QED) is 0.611. The summed E-state index contributed by atoms with van der Waals surface area (Å²) in [6, 6.07) is 5.59. The molecular formula is C22H37N3O3S. The molecule has 0 unspecified atom stereocenters. The van der Waals surface area contributed by atoms with Crippen LogP contribution in [0.2, 0.25) is 0 Å². The molecule has 29 heavy (non-hydrogen) atoms. The second-order valence-electron chi connectivity index (χ2n) is 8.07. The van der Waals surface area contributed by atoms with Crippen LogP contribution in [0, 0.1) is 6.92 Å². The molecule has 1 aliphatic carbocycles. The SMILES string of the molecule is CCN(CC)S(=O)(=O)c1cc(C(=O)N(C)CCN(C)C2CCCCC2)ccc1C. The first kappa shape index (κ1) is 23.8. The van der Waals surface area contributed by atoms with Crippen molar-refractivity contribution in [2.75, 3.05) is 40.3 Å². The van der Waals surface area contributed by atoms with Gasteiger partial charge in [0, 0.05) is 44.8 Å². The average Bonchev–Trinajstić information content (AvgIpc) is 2.72. The van der Waals surface area contributed by atoms with Crippen molar-refractivity contribution in [3.05, 3.63) is 29.3 Å². The minimum Gasteiger partial charge on any atom is -0.340 e. The minimum absolute atomic E-state index is 0.141. The minimum atomic E-state index is -3.60. The van der Waals surface area contributed by atoms with Crippen molar-refractivity contribution in [2.45, 2.75) is 63.8 Å². The lowest BCUT2D eigenvalue weighted by Crippen LogP contribution is -2.40. The van der Waals surface area contributed by atoms with Gasteiger partial charge in [-0.3, -0.25) is 4.79 Å². The Hall–Kier alpha value is -1.44. The Morgan fingerprint density at radius 3 is 2.24 bits per heavy atom. The van der Waals surface area contributed by atoms with Gasteiger partial charge >= 0.3 is 0 Å². The maximum atomic E-state index is 12.9. The Bertz CT molecular complexity index is 784. The van der Waals surface area contributed by atoms with Crippen molar-refractivity contribution in [3.63, 3.8) is 0 Å². The third kappa shape index (κ3) is 5.80. The van der Waals surface area contributed by atoms with Crippen LogP contribution in [-0.4, -0.2) is 74.7 Å². The van der Waals surface area contributed by atoms with Gasteiger partial charge in [-0.1, -0.05) is 39.2 Å². The molecular weight excluding hydrogens is 386 g/mol. The number of amides is 1. The van der Waals surface area contributed by atoms with Crippen LogP contribution in [0.5, 0.6) is 0 Å². The van der Waals surface area contributed by atoms with E-state index < -0.39 is 10.0 Å². The van der Waals surface area contributed by atoms with Crippen LogP contribution in [0.25, 0.3) is 0 Å². The van der Waals surface area contributed by atoms with Gasteiger partial charge in [0.2, 0.25) is 10.0 Å². The van der Waals surface area contributed by atoms with E-state index in [4.69, 9.17) is 0 Å². The highest BCUT2D eigenvalue weighted by Gasteiger charge is 2.25. The lowest BCUT2D eigenvalue weighted by molar-refractivity contribution is 0.0767. The molecule has 0 bridgehead atoms. The summed E-state index contributed by atoms with van der Waals surface area (Å²) in [6.07, 6.45) is 6.38.